The summed E-state index contributed by atoms with van der Waals surface area (Å²) in [6.07, 6.45) is 1.71. The van der Waals surface area contributed by atoms with Gasteiger partial charge in [-0.1, -0.05) is 13.0 Å². The topological polar surface area (TPSA) is 32.3 Å². The summed E-state index contributed by atoms with van der Waals surface area (Å²) in [7, 11) is 0. The molecule has 1 fully saturated rings. The van der Waals surface area contributed by atoms with Crippen LogP contribution in [0.3, 0.4) is 0 Å². The largest absolute Gasteiger partial charge is 0.337 e. The van der Waals surface area contributed by atoms with E-state index in [1.165, 1.54) is 12.1 Å². The van der Waals surface area contributed by atoms with Crippen molar-refractivity contribution in [2.75, 3.05) is 13.1 Å². The Morgan fingerprint density at radius 2 is 2.21 bits per heavy atom. The van der Waals surface area contributed by atoms with Crippen molar-refractivity contribution in [1.82, 2.24) is 10.2 Å². The van der Waals surface area contributed by atoms with Crippen molar-refractivity contribution >= 4 is 5.91 Å². The first-order valence-corrected chi connectivity index (χ1v) is 6.58. The maximum Gasteiger partial charge on any atom is 0.240 e. The number of hydrogen-bond acceptors (Lipinski definition) is 2. The first kappa shape index (κ1) is 13.9. The number of likely N-dealkylation sites (tertiary alicyclic amines) is 1. The van der Waals surface area contributed by atoms with Gasteiger partial charge in [-0.3, -0.25) is 4.79 Å². The van der Waals surface area contributed by atoms with Gasteiger partial charge < -0.3 is 10.2 Å². The van der Waals surface area contributed by atoms with Gasteiger partial charge in [-0.05, 0) is 25.5 Å². The minimum absolute atomic E-state index is 0.00262. The van der Waals surface area contributed by atoms with E-state index in [2.05, 4.69) is 5.32 Å². The third kappa shape index (κ3) is 3.29. The third-order valence-electron chi connectivity index (χ3n) is 3.31. The van der Waals surface area contributed by atoms with Crippen LogP contribution in [0.1, 0.15) is 25.3 Å². The molecule has 5 heteroatoms. The molecule has 1 aromatic carbocycles. The zero-order valence-corrected chi connectivity index (χ0v) is 11.0. The van der Waals surface area contributed by atoms with Crippen LogP contribution in [-0.2, 0) is 11.3 Å². The van der Waals surface area contributed by atoms with Crippen molar-refractivity contribution in [2.45, 2.75) is 32.4 Å². The third-order valence-corrected chi connectivity index (χ3v) is 3.31. The molecule has 1 N–H and O–H groups in total. The Morgan fingerprint density at radius 3 is 2.89 bits per heavy atom. The Hall–Kier alpha value is -1.49. The minimum atomic E-state index is -0.600. The van der Waals surface area contributed by atoms with Crippen LogP contribution < -0.4 is 5.32 Å². The molecule has 3 nitrogen and oxygen atoms in total. The van der Waals surface area contributed by atoms with E-state index in [0.29, 0.717) is 12.1 Å². The predicted molar refractivity (Wildman–Crippen MR) is 68.5 cm³/mol. The molecule has 1 atom stereocenters. The van der Waals surface area contributed by atoms with Crippen LogP contribution >= 0.6 is 0 Å². The first-order chi connectivity index (χ1) is 9.11. The van der Waals surface area contributed by atoms with Gasteiger partial charge in [0.15, 0.2) is 0 Å². The maximum absolute atomic E-state index is 13.5. The Morgan fingerprint density at radius 1 is 1.42 bits per heavy atom. The van der Waals surface area contributed by atoms with E-state index in [0.717, 1.165) is 25.5 Å². The number of benzene rings is 1. The van der Waals surface area contributed by atoms with Crippen LogP contribution in [0.25, 0.3) is 0 Å². The number of rotatable bonds is 5. The molecule has 0 saturated carbocycles. The summed E-state index contributed by atoms with van der Waals surface area (Å²) < 4.78 is 26.3. The minimum Gasteiger partial charge on any atom is -0.337 e. The van der Waals surface area contributed by atoms with E-state index >= 15 is 0 Å². The summed E-state index contributed by atoms with van der Waals surface area (Å²) in [5, 5.41) is 3.18. The molecule has 0 radical (unpaired) electrons. The lowest BCUT2D eigenvalue weighted by molar-refractivity contribution is -0.129. The molecule has 1 aromatic rings. The Kier molecular flexibility index (Phi) is 4.47. The SMILES string of the molecule is CCCNC1CCN(Cc2ccc(F)cc2F)C1=O. The molecule has 2 rings (SSSR count). The number of hydrogen-bond donors (Lipinski definition) is 1. The molecular formula is C14H18F2N2O. The molecule has 0 aromatic heterocycles. The van der Waals surface area contributed by atoms with E-state index in [1.54, 1.807) is 4.90 Å². The number of halogens is 2. The summed E-state index contributed by atoms with van der Waals surface area (Å²) in [6, 6.07) is 3.29. The van der Waals surface area contributed by atoms with Gasteiger partial charge in [0, 0.05) is 24.7 Å². The van der Waals surface area contributed by atoms with Gasteiger partial charge in [0.05, 0.1) is 6.04 Å². The smallest absolute Gasteiger partial charge is 0.240 e. The van der Waals surface area contributed by atoms with Gasteiger partial charge in [0.1, 0.15) is 11.6 Å². The van der Waals surface area contributed by atoms with Gasteiger partial charge in [-0.15, -0.1) is 0 Å². The maximum atomic E-state index is 13.5. The van der Waals surface area contributed by atoms with E-state index in [1.807, 2.05) is 6.92 Å². The fraction of sp³-hybridized carbons (Fsp3) is 0.500. The van der Waals surface area contributed by atoms with E-state index in [9.17, 15) is 13.6 Å². The average Bonchev–Trinajstić information content (AvgIpc) is 2.72. The highest BCUT2D eigenvalue weighted by molar-refractivity contribution is 5.83. The summed E-state index contributed by atoms with van der Waals surface area (Å²) in [4.78, 5) is 13.7. The molecule has 1 aliphatic rings. The van der Waals surface area contributed by atoms with Crippen molar-refractivity contribution in [3.8, 4) is 0 Å². The van der Waals surface area contributed by atoms with E-state index in [-0.39, 0.29) is 18.5 Å². The Balaban J connectivity index is 1.98. The van der Waals surface area contributed by atoms with Gasteiger partial charge in [0.2, 0.25) is 5.91 Å². The summed E-state index contributed by atoms with van der Waals surface area (Å²) in [5.74, 6) is -1.20. The van der Waals surface area contributed by atoms with Crippen LogP contribution in [0.4, 0.5) is 8.78 Å². The van der Waals surface area contributed by atoms with Gasteiger partial charge >= 0.3 is 0 Å². The van der Waals surface area contributed by atoms with Gasteiger partial charge in [-0.2, -0.15) is 0 Å². The van der Waals surface area contributed by atoms with Gasteiger partial charge in [-0.25, -0.2) is 8.78 Å². The van der Waals surface area contributed by atoms with Crippen molar-refractivity contribution in [1.29, 1.82) is 0 Å². The molecule has 0 aliphatic carbocycles. The van der Waals surface area contributed by atoms with Crippen LogP contribution in [0.2, 0.25) is 0 Å². The van der Waals surface area contributed by atoms with Crippen molar-refractivity contribution < 1.29 is 13.6 Å². The highest BCUT2D eigenvalue weighted by Crippen LogP contribution is 2.17. The number of nitrogens with one attached hydrogen (secondary N) is 1. The predicted octanol–water partition coefficient (Wildman–Crippen LogP) is 2.07. The molecule has 0 bridgehead atoms. The lowest BCUT2D eigenvalue weighted by atomic mass is 10.2. The number of carbonyl (C=O) groups excluding carboxylic acids is 1. The first-order valence-electron chi connectivity index (χ1n) is 6.58. The Labute approximate surface area is 111 Å². The van der Waals surface area contributed by atoms with Crippen LogP contribution in [0, 0.1) is 11.6 Å². The lowest BCUT2D eigenvalue weighted by Crippen LogP contribution is -2.38. The Bertz CT molecular complexity index is 465. The monoisotopic (exact) mass is 268 g/mol. The average molecular weight is 268 g/mol. The van der Waals surface area contributed by atoms with Crippen LogP contribution in [0.15, 0.2) is 18.2 Å². The molecule has 1 aliphatic heterocycles. The zero-order valence-electron chi connectivity index (χ0n) is 11.0. The second-order valence-electron chi connectivity index (χ2n) is 4.79. The highest BCUT2D eigenvalue weighted by Gasteiger charge is 2.31. The fourth-order valence-corrected chi connectivity index (χ4v) is 2.26. The number of amides is 1. The molecule has 1 unspecified atom stereocenters. The lowest BCUT2D eigenvalue weighted by Gasteiger charge is -2.17. The highest BCUT2D eigenvalue weighted by atomic mass is 19.1. The quantitative estimate of drug-likeness (QED) is 0.886. The molecular weight excluding hydrogens is 250 g/mol. The van der Waals surface area contributed by atoms with E-state index < -0.39 is 11.6 Å². The molecule has 0 spiro atoms. The van der Waals surface area contributed by atoms with Crippen molar-refractivity contribution in [2.24, 2.45) is 0 Å². The summed E-state index contributed by atoms with van der Waals surface area (Å²) in [5.41, 5.74) is 0.353. The number of carbonyl (C=O) groups is 1. The standard InChI is InChI=1S/C14H18F2N2O/c1-2-6-17-13-5-7-18(14(13)19)9-10-3-4-11(15)8-12(10)16/h3-4,8,13,17H,2,5-7,9H2,1H3. The van der Waals surface area contributed by atoms with Crippen molar-refractivity contribution in [3.05, 3.63) is 35.4 Å². The summed E-state index contributed by atoms with van der Waals surface area (Å²) in [6.45, 7) is 3.65. The summed E-state index contributed by atoms with van der Waals surface area (Å²) >= 11 is 0. The molecule has 19 heavy (non-hydrogen) atoms. The molecule has 1 amide bonds. The van der Waals surface area contributed by atoms with Crippen molar-refractivity contribution in [3.63, 3.8) is 0 Å². The molecule has 1 saturated heterocycles. The van der Waals surface area contributed by atoms with E-state index in [4.69, 9.17) is 0 Å². The second-order valence-corrected chi connectivity index (χ2v) is 4.79. The van der Waals surface area contributed by atoms with Crippen LogP contribution in [0.5, 0.6) is 0 Å². The normalized spacial score (nSPS) is 19.2. The molecule has 1 heterocycles. The fourth-order valence-electron chi connectivity index (χ4n) is 2.26. The number of nitrogens with zero attached hydrogens (tertiary/aromatic N) is 1. The van der Waals surface area contributed by atoms with Gasteiger partial charge in [0.25, 0.3) is 0 Å². The van der Waals surface area contributed by atoms with Crippen LogP contribution in [-0.4, -0.2) is 29.9 Å². The second kappa shape index (κ2) is 6.10. The molecule has 104 valence electrons. The zero-order chi connectivity index (χ0) is 13.8.